The first kappa shape index (κ1) is 16.2. The molecule has 0 amide bonds. The lowest BCUT2D eigenvalue weighted by atomic mass is 10.1. The average molecular weight is 339 g/mol. The zero-order valence-corrected chi connectivity index (χ0v) is 14.1. The molecule has 2 aromatic heterocycles. The minimum absolute atomic E-state index is 0.0650. The van der Waals surface area contributed by atoms with E-state index in [0.717, 1.165) is 5.82 Å². The maximum Gasteiger partial charge on any atom is 0.262 e. The molecule has 2 aromatic rings. The van der Waals surface area contributed by atoms with Crippen molar-refractivity contribution in [2.75, 3.05) is 19.8 Å². The van der Waals surface area contributed by atoms with Gasteiger partial charge in [-0.05, 0) is 6.92 Å². The van der Waals surface area contributed by atoms with Crippen LogP contribution in [0.2, 0.25) is 0 Å². The molecule has 0 saturated heterocycles. The maximum absolute atomic E-state index is 12.9. The largest absolute Gasteiger partial charge is 0.381 e. The molecule has 8 nitrogen and oxygen atoms in total. The number of imidazole rings is 2. The van der Waals surface area contributed by atoms with E-state index in [1.165, 1.54) is 16.8 Å². The predicted molar refractivity (Wildman–Crippen MR) is 83.0 cm³/mol. The number of fused-ring (bicyclic) bond motifs is 1. The van der Waals surface area contributed by atoms with Gasteiger partial charge in [-0.1, -0.05) is 0 Å². The number of nitrogens with zero attached hydrogens (tertiary/aromatic N) is 5. The van der Waals surface area contributed by atoms with Crippen molar-refractivity contribution in [3.63, 3.8) is 0 Å². The van der Waals surface area contributed by atoms with Gasteiger partial charge in [0.05, 0.1) is 19.5 Å². The third-order valence-electron chi connectivity index (χ3n) is 3.88. The number of hydrogen-bond donors (Lipinski definition) is 0. The third-order valence-corrected chi connectivity index (χ3v) is 5.58. The molecule has 1 aliphatic rings. The minimum atomic E-state index is -3.65. The summed E-state index contributed by atoms with van der Waals surface area (Å²) >= 11 is 0. The Hall–Kier alpha value is -1.71. The van der Waals surface area contributed by atoms with E-state index in [9.17, 15) is 8.42 Å². The summed E-state index contributed by atoms with van der Waals surface area (Å²) in [5.74, 6) is 0.812. The zero-order chi connectivity index (χ0) is 16.4. The molecule has 1 aliphatic heterocycles. The van der Waals surface area contributed by atoms with Crippen molar-refractivity contribution in [1.82, 2.24) is 23.4 Å². The fourth-order valence-corrected chi connectivity index (χ4v) is 4.17. The molecule has 0 N–H and O–H groups in total. The van der Waals surface area contributed by atoms with Gasteiger partial charge in [0.1, 0.15) is 5.82 Å². The molecule has 1 atom stereocenters. The summed E-state index contributed by atoms with van der Waals surface area (Å²) in [7, 11) is -1.90. The number of sulfonamides is 1. The molecular formula is C14H21N5O3S. The maximum atomic E-state index is 12.9. The van der Waals surface area contributed by atoms with Crippen LogP contribution in [-0.2, 0) is 34.9 Å². The van der Waals surface area contributed by atoms with Crippen LogP contribution in [-0.4, -0.2) is 51.6 Å². The van der Waals surface area contributed by atoms with Gasteiger partial charge >= 0.3 is 0 Å². The number of hydrogen-bond acceptors (Lipinski definition) is 5. The standard InChI is InChI=1S/C14H21N5O3S/c1-3-22-10-12-6-18-5-4-15-13(18)8-19(7-12)23(20,21)14-9-17(2)11-16-14/h4-5,9,11-12H,3,6-8,10H2,1-2H3/t12-/m1/s1. The summed E-state index contributed by atoms with van der Waals surface area (Å²) in [6, 6.07) is 0. The first-order chi connectivity index (χ1) is 11.0. The van der Waals surface area contributed by atoms with Crippen molar-refractivity contribution in [3.8, 4) is 0 Å². The molecule has 0 aromatic carbocycles. The van der Waals surface area contributed by atoms with Gasteiger partial charge in [0, 0.05) is 51.3 Å². The van der Waals surface area contributed by atoms with E-state index in [2.05, 4.69) is 9.97 Å². The Morgan fingerprint density at radius 3 is 2.87 bits per heavy atom. The van der Waals surface area contributed by atoms with Crippen LogP contribution in [0.1, 0.15) is 12.7 Å². The monoisotopic (exact) mass is 339 g/mol. The Bertz CT molecular complexity index is 767. The van der Waals surface area contributed by atoms with Crippen LogP contribution < -0.4 is 0 Å². The first-order valence-electron chi connectivity index (χ1n) is 7.56. The Labute approximate surface area is 135 Å². The van der Waals surface area contributed by atoms with Crippen LogP contribution in [0.5, 0.6) is 0 Å². The summed E-state index contributed by atoms with van der Waals surface area (Å²) in [5.41, 5.74) is 0. The highest BCUT2D eigenvalue weighted by Crippen LogP contribution is 2.22. The Morgan fingerprint density at radius 2 is 2.17 bits per heavy atom. The summed E-state index contributed by atoms with van der Waals surface area (Å²) in [6.45, 7) is 4.39. The van der Waals surface area contributed by atoms with E-state index in [-0.39, 0.29) is 17.5 Å². The molecule has 23 heavy (non-hydrogen) atoms. The van der Waals surface area contributed by atoms with Crippen LogP contribution in [0.15, 0.2) is 29.9 Å². The molecule has 126 valence electrons. The van der Waals surface area contributed by atoms with Crippen molar-refractivity contribution in [1.29, 1.82) is 0 Å². The van der Waals surface area contributed by atoms with E-state index in [0.29, 0.717) is 26.3 Å². The second kappa shape index (κ2) is 6.42. The van der Waals surface area contributed by atoms with Gasteiger partial charge in [-0.25, -0.2) is 18.4 Å². The smallest absolute Gasteiger partial charge is 0.262 e. The van der Waals surface area contributed by atoms with Crippen LogP contribution in [0.25, 0.3) is 0 Å². The third kappa shape index (κ3) is 3.31. The highest BCUT2D eigenvalue weighted by molar-refractivity contribution is 7.89. The number of aromatic nitrogens is 4. The Balaban J connectivity index is 1.91. The Kier molecular flexibility index (Phi) is 4.51. The summed E-state index contributed by atoms with van der Waals surface area (Å²) in [6.07, 6.45) is 6.59. The second-order valence-electron chi connectivity index (χ2n) is 5.70. The molecule has 0 bridgehead atoms. The van der Waals surface area contributed by atoms with Crippen LogP contribution in [0.3, 0.4) is 0 Å². The highest BCUT2D eigenvalue weighted by Gasteiger charge is 2.32. The van der Waals surface area contributed by atoms with Crippen molar-refractivity contribution < 1.29 is 13.2 Å². The molecule has 3 rings (SSSR count). The summed E-state index contributed by atoms with van der Waals surface area (Å²) in [5, 5.41) is 0.0650. The summed E-state index contributed by atoms with van der Waals surface area (Å²) in [4.78, 5) is 8.28. The van der Waals surface area contributed by atoms with Gasteiger partial charge < -0.3 is 13.9 Å². The lowest BCUT2D eigenvalue weighted by Crippen LogP contribution is -2.35. The van der Waals surface area contributed by atoms with Gasteiger partial charge in [0.2, 0.25) is 0 Å². The normalized spacial score (nSPS) is 19.5. The molecule has 0 saturated carbocycles. The van der Waals surface area contributed by atoms with Gasteiger partial charge in [0.25, 0.3) is 10.0 Å². The molecule has 9 heteroatoms. The number of ether oxygens (including phenoxy) is 1. The van der Waals surface area contributed by atoms with Crippen LogP contribution >= 0.6 is 0 Å². The zero-order valence-electron chi connectivity index (χ0n) is 13.3. The quantitative estimate of drug-likeness (QED) is 0.791. The molecule has 0 spiro atoms. The molecule has 3 heterocycles. The van der Waals surface area contributed by atoms with Crippen LogP contribution in [0.4, 0.5) is 0 Å². The van der Waals surface area contributed by atoms with E-state index < -0.39 is 10.0 Å². The lowest BCUT2D eigenvalue weighted by Gasteiger charge is -2.22. The Morgan fingerprint density at radius 1 is 1.35 bits per heavy atom. The molecule has 0 unspecified atom stereocenters. The molecule has 0 aliphatic carbocycles. The van der Waals surface area contributed by atoms with E-state index in [1.807, 2.05) is 17.7 Å². The topological polar surface area (TPSA) is 82.2 Å². The van der Waals surface area contributed by atoms with E-state index in [4.69, 9.17) is 4.74 Å². The summed E-state index contributed by atoms with van der Waals surface area (Å²) < 4.78 is 36.3. The van der Waals surface area contributed by atoms with Gasteiger partial charge in [0.15, 0.2) is 5.03 Å². The van der Waals surface area contributed by atoms with Crippen molar-refractivity contribution in [3.05, 3.63) is 30.7 Å². The van der Waals surface area contributed by atoms with E-state index >= 15 is 0 Å². The molecular weight excluding hydrogens is 318 g/mol. The van der Waals surface area contributed by atoms with Gasteiger partial charge in [-0.15, -0.1) is 0 Å². The SMILES string of the molecule is CCOC[C@H]1CN(S(=O)(=O)c2cn(C)cn2)Cc2nccn2C1. The van der Waals surface area contributed by atoms with Crippen molar-refractivity contribution in [2.45, 2.75) is 25.0 Å². The van der Waals surface area contributed by atoms with Crippen molar-refractivity contribution >= 4 is 10.0 Å². The molecule has 0 fully saturated rings. The van der Waals surface area contributed by atoms with Gasteiger partial charge in [-0.3, -0.25) is 0 Å². The second-order valence-corrected chi connectivity index (χ2v) is 7.58. The minimum Gasteiger partial charge on any atom is -0.381 e. The fraction of sp³-hybridized carbons (Fsp3) is 0.571. The average Bonchev–Trinajstić information content (AvgIpc) is 3.10. The predicted octanol–water partition coefficient (Wildman–Crippen LogP) is 0.474. The number of rotatable bonds is 5. The van der Waals surface area contributed by atoms with Gasteiger partial charge in [-0.2, -0.15) is 4.31 Å². The molecule has 0 radical (unpaired) electrons. The van der Waals surface area contributed by atoms with E-state index in [1.54, 1.807) is 17.8 Å². The fourth-order valence-electron chi connectivity index (χ4n) is 2.73. The van der Waals surface area contributed by atoms with Crippen molar-refractivity contribution in [2.24, 2.45) is 13.0 Å². The highest BCUT2D eigenvalue weighted by atomic mass is 32.2. The lowest BCUT2D eigenvalue weighted by molar-refractivity contribution is 0.0978. The number of aryl methyl sites for hydroxylation is 1. The van der Waals surface area contributed by atoms with Crippen LogP contribution in [0, 0.1) is 5.92 Å². The first-order valence-corrected chi connectivity index (χ1v) is 9.00.